The lowest BCUT2D eigenvalue weighted by Crippen LogP contribution is -2.03. The fourth-order valence-corrected chi connectivity index (χ4v) is 3.10. The van der Waals surface area contributed by atoms with Crippen molar-refractivity contribution in [1.29, 1.82) is 0 Å². The van der Waals surface area contributed by atoms with E-state index in [1.54, 1.807) is 0 Å². The molecule has 0 aliphatic carbocycles. The van der Waals surface area contributed by atoms with E-state index < -0.39 is 18.4 Å². The fourth-order valence-electron chi connectivity index (χ4n) is 3.10. The van der Waals surface area contributed by atoms with Crippen molar-refractivity contribution in [3.8, 4) is 0 Å². The van der Waals surface area contributed by atoms with Gasteiger partial charge in [0.25, 0.3) is 0 Å². The Labute approximate surface area is 168 Å². The largest absolute Gasteiger partial charge is 0.481 e. The highest BCUT2D eigenvalue weighted by atomic mass is 16.4. The fraction of sp³-hybridized carbons (Fsp3) is 0.913. The van der Waals surface area contributed by atoms with Gasteiger partial charge in [0, 0.05) is 0 Å². The lowest BCUT2D eigenvalue weighted by Gasteiger charge is -2.03. The molecule has 0 rings (SSSR count). The van der Waals surface area contributed by atoms with Crippen LogP contribution in [0.3, 0.4) is 0 Å². The average Bonchev–Trinajstić information content (AvgIpc) is 2.61. The number of unbranched alkanes of at least 4 members (excludes halogenated alkanes) is 17. The molecule has 4 heteroatoms. The molecule has 162 valence electrons. The number of carbonyl (C=O) groups is 2. The molecule has 0 saturated carbocycles. The van der Waals surface area contributed by atoms with Crippen LogP contribution >= 0.6 is 0 Å². The van der Waals surface area contributed by atoms with Crippen molar-refractivity contribution in [2.24, 2.45) is 0 Å². The molecule has 0 bridgehead atoms. The molecule has 0 saturated heterocycles. The molecule has 0 aromatic rings. The predicted molar refractivity (Wildman–Crippen MR) is 114 cm³/mol. The number of aliphatic carboxylic acids is 2. The molecule has 0 aromatic heterocycles. The van der Waals surface area contributed by atoms with Crippen molar-refractivity contribution in [2.45, 2.75) is 136 Å². The molecule has 0 fully saturated rings. The van der Waals surface area contributed by atoms with Crippen molar-refractivity contribution in [3.63, 3.8) is 0 Å². The summed E-state index contributed by atoms with van der Waals surface area (Å²) in [5.41, 5.74) is 0. The highest BCUT2D eigenvalue weighted by Crippen LogP contribution is 2.14. The van der Waals surface area contributed by atoms with Gasteiger partial charge in [0.05, 0.1) is 0 Å². The zero-order valence-electron chi connectivity index (χ0n) is 18.1. The summed E-state index contributed by atoms with van der Waals surface area (Å²) in [7, 11) is 0. The maximum atomic E-state index is 9.43. The maximum absolute atomic E-state index is 9.43. The lowest BCUT2D eigenvalue weighted by atomic mass is 10.0. The molecule has 2 N–H and O–H groups in total. The summed E-state index contributed by atoms with van der Waals surface area (Å²) in [6, 6.07) is 0. The summed E-state index contributed by atoms with van der Waals surface area (Å²) in [6.45, 7) is 4.59. The van der Waals surface area contributed by atoms with Crippen LogP contribution in [0.2, 0.25) is 0 Å². The Kier molecular flexibility index (Phi) is 26.0. The van der Waals surface area contributed by atoms with Crippen LogP contribution < -0.4 is 0 Å². The quantitative estimate of drug-likeness (QED) is 0.177. The van der Waals surface area contributed by atoms with E-state index in [1.807, 2.05) is 0 Å². The van der Waals surface area contributed by atoms with Crippen molar-refractivity contribution >= 4 is 11.9 Å². The molecule has 0 amide bonds. The van der Waals surface area contributed by atoms with Gasteiger partial charge < -0.3 is 10.2 Å². The Balaban J connectivity index is 0. The minimum absolute atomic E-state index is 0.806. The number of hydrogen-bond donors (Lipinski definition) is 2. The third kappa shape index (κ3) is 33.0. The first-order valence-electron chi connectivity index (χ1n) is 11.5. The first kappa shape index (κ1) is 28.2. The summed E-state index contributed by atoms with van der Waals surface area (Å²) in [6.07, 6.45) is 25.6. The minimum atomic E-state index is -1.31. The van der Waals surface area contributed by atoms with Gasteiger partial charge in [-0.25, -0.2) is 0 Å². The average molecular weight is 387 g/mol. The van der Waals surface area contributed by atoms with Gasteiger partial charge >= 0.3 is 11.9 Å². The van der Waals surface area contributed by atoms with E-state index in [9.17, 15) is 9.59 Å². The molecule has 4 nitrogen and oxygen atoms in total. The molecular weight excluding hydrogens is 340 g/mol. The molecule has 0 heterocycles. The first-order chi connectivity index (χ1) is 13.0. The van der Waals surface area contributed by atoms with Gasteiger partial charge in [-0.2, -0.15) is 0 Å². The van der Waals surface area contributed by atoms with Crippen LogP contribution in [0, 0.1) is 0 Å². The van der Waals surface area contributed by atoms with E-state index in [4.69, 9.17) is 10.2 Å². The van der Waals surface area contributed by atoms with E-state index in [2.05, 4.69) is 13.8 Å². The maximum Gasteiger partial charge on any atom is 0.314 e. The summed E-state index contributed by atoms with van der Waals surface area (Å²) >= 11 is 0. The lowest BCUT2D eigenvalue weighted by molar-refractivity contribution is -0.147. The predicted octanol–water partition coefficient (Wildman–Crippen LogP) is 7.59. The third-order valence-electron chi connectivity index (χ3n) is 4.76. The van der Waals surface area contributed by atoms with E-state index in [1.165, 1.54) is 116 Å². The molecule has 0 radical (unpaired) electrons. The Hall–Kier alpha value is -1.06. The molecule has 0 aliphatic rings. The van der Waals surface area contributed by atoms with Crippen molar-refractivity contribution in [3.05, 3.63) is 0 Å². The van der Waals surface area contributed by atoms with Gasteiger partial charge in [-0.15, -0.1) is 0 Å². The molecule has 0 atom stereocenters. The normalized spacial score (nSPS) is 10.3. The molecule has 0 aliphatic heterocycles. The highest BCUT2D eigenvalue weighted by Gasteiger charge is 2.01. The topological polar surface area (TPSA) is 74.6 Å². The minimum Gasteiger partial charge on any atom is -0.481 e. The van der Waals surface area contributed by atoms with E-state index in [0.717, 1.165) is 0 Å². The molecule has 0 spiro atoms. The van der Waals surface area contributed by atoms with Gasteiger partial charge in [0.15, 0.2) is 0 Å². The number of hydrogen-bond acceptors (Lipinski definition) is 2. The number of rotatable bonds is 19. The van der Waals surface area contributed by atoms with Crippen molar-refractivity contribution in [2.75, 3.05) is 0 Å². The van der Waals surface area contributed by atoms with Crippen LogP contribution in [-0.2, 0) is 9.59 Å². The second-order valence-electron chi connectivity index (χ2n) is 7.62. The van der Waals surface area contributed by atoms with Crippen LogP contribution in [0.5, 0.6) is 0 Å². The summed E-state index contributed by atoms with van der Waals surface area (Å²) in [5, 5.41) is 15.4. The monoisotopic (exact) mass is 386 g/mol. The Morgan fingerprint density at radius 3 is 0.741 bits per heavy atom. The van der Waals surface area contributed by atoms with Crippen LogP contribution in [-0.4, -0.2) is 22.2 Å². The van der Waals surface area contributed by atoms with E-state index >= 15 is 0 Å². The molecular formula is C23H46O4. The first-order valence-corrected chi connectivity index (χ1v) is 11.5. The second kappa shape index (κ2) is 24.9. The SMILES string of the molecule is CCCCCCCCCCCCCCCCCCCC.O=C(O)CC(=O)O. The summed E-state index contributed by atoms with van der Waals surface area (Å²) < 4.78 is 0. The van der Waals surface area contributed by atoms with E-state index in [-0.39, 0.29) is 0 Å². The number of carboxylic acid groups (broad SMARTS) is 2. The van der Waals surface area contributed by atoms with E-state index in [0.29, 0.717) is 0 Å². The van der Waals surface area contributed by atoms with Gasteiger partial charge in [-0.05, 0) is 0 Å². The van der Waals surface area contributed by atoms with Crippen LogP contribution in [0.15, 0.2) is 0 Å². The second-order valence-corrected chi connectivity index (χ2v) is 7.62. The smallest absolute Gasteiger partial charge is 0.314 e. The molecule has 0 unspecified atom stereocenters. The summed E-state index contributed by atoms with van der Waals surface area (Å²) in [5.74, 6) is -2.62. The summed E-state index contributed by atoms with van der Waals surface area (Å²) in [4.78, 5) is 18.9. The van der Waals surface area contributed by atoms with Gasteiger partial charge in [0.1, 0.15) is 6.42 Å². The highest BCUT2D eigenvalue weighted by molar-refractivity contribution is 5.88. The Morgan fingerprint density at radius 2 is 0.630 bits per heavy atom. The standard InChI is InChI=1S/C20H42.C3H4O4/c1-3-5-7-9-11-13-15-17-19-20-18-16-14-12-10-8-6-4-2;4-2(5)1-3(6)7/h3-20H2,1-2H3;1H2,(H,4,5)(H,6,7). The Bertz CT molecular complexity index is 286. The van der Waals surface area contributed by atoms with Crippen LogP contribution in [0.1, 0.15) is 136 Å². The number of carboxylic acids is 2. The molecule has 0 aromatic carbocycles. The zero-order chi connectivity index (χ0) is 20.6. The zero-order valence-corrected chi connectivity index (χ0v) is 18.1. The third-order valence-corrected chi connectivity index (χ3v) is 4.76. The van der Waals surface area contributed by atoms with Crippen LogP contribution in [0.4, 0.5) is 0 Å². The van der Waals surface area contributed by atoms with Crippen LogP contribution in [0.25, 0.3) is 0 Å². The van der Waals surface area contributed by atoms with Gasteiger partial charge in [0.2, 0.25) is 0 Å². The van der Waals surface area contributed by atoms with Gasteiger partial charge in [-0.3, -0.25) is 9.59 Å². The van der Waals surface area contributed by atoms with Gasteiger partial charge in [-0.1, -0.05) is 129 Å². The Morgan fingerprint density at radius 1 is 0.444 bits per heavy atom. The van der Waals surface area contributed by atoms with Crippen molar-refractivity contribution in [1.82, 2.24) is 0 Å². The van der Waals surface area contributed by atoms with Crippen molar-refractivity contribution < 1.29 is 19.8 Å². The molecule has 27 heavy (non-hydrogen) atoms.